The SMILES string of the molecule is O=C(C1=Cc2ccccc2OC1)N1CCCC1c1noc(C2CC2)n1. The summed E-state index contributed by atoms with van der Waals surface area (Å²) in [5.41, 5.74) is 1.62. The van der Waals surface area contributed by atoms with Crippen molar-refractivity contribution in [2.45, 2.75) is 37.6 Å². The largest absolute Gasteiger partial charge is 0.488 e. The predicted molar refractivity (Wildman–Crippen MR) is 89.9 cm³/mol. The minimum atomic E-state index is -0.0955. The Morgan fingerprint density at radius 1 is 1.20 bits per heavy atom. The third-order valence-corrected chi connectivity index (χ3v) is 5.10. The van der Waals surface area contributed by atoms with Gasteiger partial charge in [0.25, 0.3) is 5.91 Å². The zero-order valence-electron chi connectivity index (χ0n) is 13.9. The van der Waals surface area contributed by atoms with Gasteiger partial charge in [0.2, 0.25) is 5.89 Å². The second-order valence-electron chi connectivity index (χ2n) is 6.92. The van der Waals surface area contributed by atoms with Gasteiger partial charge >= 0.3 is 0 Å². The lowest BCUT2D eigenvalue weighted by atomic mass is 10.1. The van der Waals surface area contributed by atoms with Crippen molar-refractivity contribution in [3.63, 3.8) is 0 Å². The fraction of sp³-hybridized carbons (Fsp3) is 0.421. The number of fused-ring (bicyclic) bond motifs is 1. The smallest absolute Gasteiger partial charge is 0.253 e. The lowest BCUT2D eigenvalue weighted by molar-refractivity contribution is -0.128. The molecule has 3 aliphatic rings. The summed E-state index contributed by atoms with van der Waals surface area (Å²) in [5, 5.41) is 4.14. The lowest BCUT2D eigenvalue weighted by Gasteiger charge is -2.25. The molecule has 1 aliphatic carbocycles. The van der Waals surface area contributed by atoms with E-state index in [1.54, 1.807) is 0 Å². The summed E-state index contributed by atoms with van der Waals surface area (Å²) in [5.74, 6) is 2.63. The van der Waals surface area contributed by atoms with Crippen molar-refractivity contribution in [3.8, 4) is 5.75 Å². The van der Waals surface area contributed by atoms with Crippen molar-refractivity contribution in [3.05, 3.63) is 47.1 Å². The number of hydrogen-bond acceptors (Lipinski definition) is 5. The second-order valence-corrected chi connectivity index (χ2v) is 6.92. The first-order valence-corrected chi connectivity index (χ1v) is 8.86. The van der Waals surface area contributed by atoms with Crippen LogP contribution in [0.1, 0.15) is 54.9 Å². The summed E-state index contributed by atoms with van der Waals surface area (Å²) in [6.45, 7) is 1.02. The number of nitrogens with zero attached hydrogens (tertiary/aromatic N) is 3. The molecule has 0 spiro atoms. The van der Waals surface area contributed by atoms with E-state index in [1.807, 2.05) is 35.2 Å². The zero-order chi connectivity index (χ0) is 16.8. The summed E-state index contributed by atoms with van der Waals surface area (Å²) >= 11 is 0. The molecule has 2 aliphatic heterocycles. The Bertz CT molecular complexity index is 853. The number of rotatable bonds is 3. The number of amides is 1. The van der Waals surface area contributed by atoms with Gasteiger partial charge in [-0.2, -0.15) is 4.98 Å². The van der Waals surface area contributed by atoms with Crippen LogP contribution in [0.15, 0.2) is 34.4 Å². The highest BCUT2D eigenvalue weighted by Gasteiger charge is 2.37. The molecule has 0 radical (unpaired) electrons. The van der Waals surface area contributed by atoms with Gasteiger partial charge in [0, 0.05) is 18.0 Å². The van der Waals surface area contributed by atoms with Gasteiger partial charge in [0.05, 0.1) is 11.6 Å². The Labute approximate surface area is 145 Å². The Morgan fingerprint density at radius 2 is 2.08 bits per heavy atom. The van der Waals surface area contributed by atoms with Crippen molar-refractivity contribution in [1.29, 1.82) is 0 Å². The van der Waals surface area contributed by atoms with Gasteiger partial charge in [0.15, 0.2) is 5.82 Å². The van der Waals surface area contributed by atoms with Gasteiger partial charge < -0.3 is 14.2 Å². The highest BCUT2D eigenvalue weighted by molar-refractivity contribution is 5.99. The molecular formula is C19H19N3O3. The van der Waals surface area contributed by atoms with E-state index >= 15 is 0 Å². The minimum absolute atomic E-state index is 0.00905. The summed E-state index contributed by atoms with van der Waals surface area (Å²) < 4.78 is 11.1. The molecule has 0 bridgehead atoms. The normalized spacial score (nSPS) is 22.3. The molecule has 6 nitrogen and oxygen atoms in total. The van der Waals surface area contributed by atoms with E-state index in [-0.39, 0.29) is 11.9 Å². The Kier molecular flexibility index (Phi) is 3.36. The van der Waals surface area contributed by atoms with Crippen LogP contribution >= 0.6 is 0 Å². The molecule has 128 valence electrons. The van der Waals surface area contributed by atoms with Crippen LogP contribution in [-0.4, -0.2) is 34.1 Å². The van der Waals surface area contributed by atoms with Crippen LogP contribution in [0.3, 0.4) is 0 Å². The molecule has 2 fully saturated rings. The molecular weight excluding hydrogens is 318 g/mol. The van der Waals surface area contributed by atoms with E-state index in [9.17, 15) is 4.79 Å². The number of aromatic nitrogens is 2. The average molecular weight is 337 g/mol. The van der Waals surface area contributed by atoms with Gasteiger partial charge in [-0.25, -0.2) is 0 Å². The summed E-state index contributed by atoms with van der Waals surface area (Å²) in [7, 11) is 0. The standard InChI is InChI=1S/C19H19N3O3/c23-19(14-10-13-4-1-2-6-16(13)24-11-14)22-9-3-5-15(22)17-20-18(25-21-17)12-7-8-12/h1-2,4,6,10,12,15H,3,5,7-9,11H2. The molecule has 1 aromatic heterocycles. The van der Waals surface area contributed by atoms with E-state index in [4.69, 9.17) is 9.26 Å². The number of likely N-dealkylation sites (tertiary alicyclic amines) is 1. The van der Waals surface area contributed by atoms with Gasteiger partial charge in [0.1, 0.15) is 12.4 Å². The fourth-order valence-corrected chi connectivity index (χ4v) is 3.58. The van der Waals surface area contributed by atoms with Crippen LogP contribution in [0.2, 0.25) is 0 Å². The monoisotopic (exact) mass is 337 g/mol. The van der Waals surface area contributed by atoms with E-state index in [1.165, 1.54) is 0 Å². The van der Waals surface area contributed by atoms with Crippen molar-refractivity contribution >= 4 is 12.0 Å². The fourth-order valence-electron chi connectivity index (χ4n) is 3.58. The molecule has 1 amide bonds. The first-order chi connectivity index (χ1) is 12.3. The van der Waals surface area contributed by atoms with Crippen LogP contribution in [0.5, 0.6) is 5.75 Å². The van der Waals surface area contributed by atoms with Crippen LogP contribution in [0, 0.1) is 0 Å². The van der Waals surface area contributed by atoms with Crippen LogP contribution in [0.4, 0.5) is 0 Å². The number of carbonyl (C=O) groups is 1. The summed E-state index contributed by atoms with van der Waals surface area (Å²) in [6.07, 6.45) is 6.01. The molecule has 1 unspecified atom stereocenters. The molecule has 0 N–H and O–H groups in total. The number of ether oxygens (including phenoxy) is 1. The first-order valence-electron chi connectivity index (χ1n) is 8.86. The number of hydrogen-bond donors (Lipinski definition) is 0. The number of benzene rings is 1. The van der Waals surface area contributed by atoms with E-state index in [0.717, 1.165) is 49.4 Å². The van der Waals surface area contributed by atoms with Gasteiger partial charge in [-0.3, -0.25) is 4.79 Å². The van der Waals surface area contributed by atoms with Gasteiger partial charge in [-0.15, -0.1) is 0 Å². The average Bonchev–Trinajstić information content (AvgIpc) is 3.19. The van der Waals surface area contributed by atoms with Crippen LogP contribution < -0.4 is 4.74 Å². The number of carbonyl (C=O) groups excluding carboxylic acids is 1. The zero-order valence-corrected chi connectivity index (χ0v) is 13.9. The van der Waals surface area contributed by atoms with Crippen LogP contribution in [0.25, 0.3) is 6.08 Å². The van der Waals surface area contributed by atoms with Crippen molar-refractivity contribution in [2.24, 2.45) is 0 Å². The highest BCUT2D eigenvalue weighted by atomic mass is 16.5. The molecule has 3 heterocycles. The highest BCUT2D eigenvalue weighted by Crippen LogP contribution is 2.40. The molecule has 5 rings (SSSR count). The first kappa shape index (κ1) is 14.7. The quantitative estimate of drug-likeness (QED) is 0.861. The Hall–Kier alpha value is -2.63. The molecule has 1 saturated heterocycles. The Balaban J connectivity index is 1.39. The molecule has 2 aromatic rings. The van der Waals surface area contributed by atoms with Gasteiger partial charge in [-0.05, 0) is 37.8 Å². The van der Waals surface area contributed by atoms with Crippen LogP contribution in [-0.2, 0) is 4.79 Å². The maximum absolute atomic E-state index is 13.0. The molecule has 1 aromatic carbocycles. The topological polar surface area (TPSA) is 68.5 Å². The summed E-state index contributed by atoms with van der Waals surface area (Å²) in [4.78, 5) is 19.4. The van der Waals surface area contributed by atoms with E-state index in [2.05, 4.69) is 10.1 Å². The van der Waals surface area contributed by atoms with Crippen molar-refractivity contribution in [1.82, 2.24) is 15.0 Å². The number of para-hydroxylation sites is 1. The second kappa shape index (κ2) is 5.72. The molecule has 6 heteroatoms. The molecule has 25 heavy (non-hydrogen) atoms. The van der Waals surface area contributed by atoms with E-state index < -0.39 is 0 Å². The van der Waals surface area contributed by atoms with Crippen molar-refractivity contribution in [2.75, 3.05) is 13.2 Å². The maximum atomic E-state index is 13.0. The van der Waals surface area contributed by atoms with E-state index in [0.29, 0.717) is 23.9 Å². The Morgan fingerprint density at radius 3 is 2.96 bits per heavy atom. The molecule has 1 atom stereocenters. The third-order valence-electron chi connectivity index (χ3n) is 5.10. The maximum Gasteiger partial charge on any atom is 0.253 e. The minimum Gasteiger partial charge on any atom is -0.488 e. The molecule has 1 saturated carbocycles. The predicted octanol–water partition coefficient (Wildman–Crippen LogP) is 3.09. The lowest BCUT2D eigenvalue weighted by Crippen LogP contribution is -2.34. The van der Waals surface area contributed by atoms with Crippen molar-refractivity contribution < 1.29 is 14.1 Å². The van der Waals surface area contributed by atoms with Gasteiger partial charge in [-0.1, -0.05) is 23.4 Å². The summed E-state index contributed by atoms with van der Waals surface area (Å²) in [6, 6.07) is 7.67. The third kappa shape index (κ3) is 2.62.